The zero-order valence-corrected chi connectivity index (χ0v) is 16.1. The van der Waals surface area contributed by atoms with Crippen LogP contribution >= 0.6 is 24.8 Å². The monoisotopic (exact) mass is 375 g/mol. The highest BCUT2D eigenvalue weighted by Crippen LogP contribution is 2.14. The quantitative estimate of drug-likeness (QED) is 0.651. The number of para-hydroxylation sites is 1. The van der Waals surface area contributed by atoms with Crippen LogP contribution in [0.1, 0.15) is 32.6 Å². The maximum atomic E-state index is 11.8. The van der Waals surface area contributed by atoms with Gasteiger partial charge in [-0.2, -0.15) is 0 Å². The van der Waals surface area contributed by atoms with Gasteiger partial charge in [0.05, 0.1) is 0 Å². The lowest BCUT2D eigenvalue weighted by Crippen LogP contribution is -2.30. The molecule has 1 unspecified atom stereocenters. The van der Waals surface area contributed by atoms with Crippen molar-refractivity contribution in [3.05, 3.63) is 30.3 Å². The van der Waals surface area contributed by atoms with E-state index >= 15 is 0 Å². The van der Waals surface area contributed by atoms with Crippen LogP contribution in [0.15, 0.2) is 30.3 Å². The van der Waals surface area contributed by atoms with Crippen molar-refractivity contribution < 1.29 is 4.79 Å². The lowest BCUT2D eigenvalue weighted by atomic mass is 10.0. The second kappa shape index (κ2) is 13.3. The number of halogens is 2. The van der Waals surface area contributed by atoms with Crippen LogP contribution in [0.2, 0.25) is 0 Å². The summed E-state index contributed by atoms with van der Waals surface area (Å²) in [5, 5.41) is 6.40. The summed E-state index contributed by atoms with van der Waals surface area (Å²) in [6.07, 6.45) is 3.89. The van der Waals surface area contributed by atoms with Gasteiger partial charge in [0.2, 0.25) is 5.91 Å². The van der Waals surface area contributed by atoms with Gasteiger partial charge in [-0.05, 0) is 57.3 Å². The van der Waals surface area contributed by atoms with E-state index in [2.05, 4.69) is 46.7 Å². The molecule has 4 nitrogen and oxygen atoms in total. The Morgan fingerprint density at radius 2 is 2.04 bits per heavy atom. The molecule has 2 N–H and O–H groups in total. The van der Waals surface area contributed by atoms with Crippen molar-refractivity contribution in [2.45, 2.75) is 32.6 Å². The highest BCUT2D eigenvalue weighted by atomic mass is 35.5. The fourth-order valence-electron chi connectivity index (χ4n) is 2.99. The molecule has 0 aromatic heterocycles. The molecule has 1 amide bonds. The van der Waals surface area contributed by atoms with Crippen LogP contribution in [-0.4, -0.2) is 38.6 Å². The maximum Gasteiger partial charge on any atom is 0.220 e. The van der Waals surface area contributed by atoms with Gasteiger partial charge < -0.3 is 15.5 Å². The smallest absolute Gasteiger partial charge is 0.220 e. The van der Waals surface area contributed by atoms with Crippen LogP contribution < -0.4 is 15.5 Å². The predicted molar refractivity (Wildman–Crippen MR) is 107 cm³/mol. The van der Waals surface area contributed by atoms with E-state index in [-0.39, 0.29) is 30.7 Å². The zero-order chi connectivity index (χ0) is 15.6. The number of carbonyl (C=O) groups excluding carboxylic acids is 1. The molecule has 1 atom stereocenters. The van der Waals surface area contributed by atoms with E-state index in [1.54, 1.807) is 0 Å². The van der Waals surface area contributed by atoms with Gasteiger partial charge in [-0.1, -0.05) is 18.2 Å². The number of hydrogen-bond acceptors (Lipinski definition) is 3. The molecule has 0 saturated carbocycles. The van der Waals surface area contributed by atoms with E-state index in [0.29, 0.717) is 12.3 Å². The first-order valence-electron chi connectivity index (χ1n) is 8.57. The van der Waals surface area contributed by atoms with Crippen molar-refractivity contribution >= 4 is 36.4 Å². The second-order valence-electron chi connectivity index (χ2n) is 6.02. The molecule has 1 saturated heterocycles. The van der Waals surface area contributed by atoms with Gasteiger partial charge >= 0.3 is 0 Å². The topological polar surface area (TPSA) is 44.4 Å². The molecule has 1 fully saturated rings. The summed E-state index contributed by atoms with van der Waals surface area (Å²) >= 11 is 0. The van der Waals surface area contributed by atoms with Gasteiger partial charge in [0.15, 0.2) is 0 Å². The van der Waals surface area contributed by atoms with Gasteiger partial charge in [-0.25, -0.2) is 0 Å². The van der Waals surface area contributed by atoms with Gasteiger partial charge in [0.1, 0.15) is 0 Å². The Labute approximate surface area is 158 Å². The Morgan fingerprint density at radius 1 is 1.29 bits per heavy atom. The molecule has 2 rings (SSSR count). The third kappa shape index (κ3) is 8.22. The third-order valence-electron chi connectivity index (χ3n) is 4.37. The van der Waals surface area contributed by atoms with Crippen LogP contribution in [0.3, 0.4) is 0 Å². The fraction of sp³-hybridized carbons (Fsp3) is 0.611. The lowest BCUT2D eigenvalue weighted by Gasteiger charge is -2.23. The minimum Gasteiger partial charge on any atom is -0.372 e. The SMILES string of the molecule is CCN(CCCNC(=O)CCC1CCNC1)c1ccccc1.Cl.Cl. The summed E-state index contributed by atoms with van der Waals surface area (Å²) in [4.78, 5) is 14.2. The molecule has 0 aliphatic carbocycles. The Kier molecular flexibility index (Phi) is 12.8. The van der Waals surface area contributed by atoms with Crippen molar-refractivity contribution in [3.63, 3.8) is 0 Å². The Morgan fingerprint density at radius 3 is 2.67 bits per heavy atom. The molecule has 1 heterocycles. The van der Waals surface area contributed by atoms with Gasteiger partial charge in [-0.15, -0.1) is 24.8 Å². The third-order valence-corrected chi connectivity index (χ3v) is 4.37. The minimum absolute atomic E-state index is 0. The van der Waals surface area contributed by atoms with E-state index in [1.807, 2.05) is 6.07 Å². The van der Waals surface area contributed by atoms with Crippen LogP contribution in [-0.2, 0) is 4.79 Å². The number of rotatable bonds is 9. The van der Waals surface area contributed by atoms with Crippen LogP contribution in [0.25, 0.3) is 0 Å². The summed E-state index contributed by atoms with van der Waals surface area (Å²) in [6.45, 7) is 7.10. The van der Waals surface area contributed by atoms with E-state index in [9.17, 15) is 4.79 Å². The highest BCUT2D eigenvalue weighted by Gasteiger charge is 2.15. The first kappa shape index (κ1) is 23.0. The van der Waals surface area contributed by atoms with Crippen LogP contribution in [0.5, 0.6) is 0 Å². The molecular weight excluding hydrogens is 345 g/mol. The average molecular weight is 376 g/mol. The highest BCUT2D eigenvalue weighted by molar-refractivity contribution is 5.85. The number of amides is 1. The van der Waals surface area contributed by atoms with Gasteiger partial charge in [0, 0.05) is 31.7 Å². The van der Waals surface area contributed by atoms with Gasteiger partial charge in [0.25, 0.3) is 0 Å². The molecule has 0 radical (unpaired) electrons. The van der Waals surface area contributed by atoms with Crippen molar-refractivity contribution in [1.82, 2.24) is 10.6 Å². The van der Waals surface area contributed by atoms with Crippen molar-refractivity contribution in [3.8, 4) is 0 Å². The Balaban J connectivity index is 0.00000264. The predicted octanol–water partition coefficient (Wildman–Crippen LogP) is 3.25. The number of anilines is 1. The largest absolute Gasteiger partial charge is 0.372 e. The lowest BCUT2D eigenvalue weighted by molar-refractivity contribution is -0.121. The molecule has 24 heavy (non-hydrogen) atoms. The van der Waals surface area contributed by atoms with E-state index in [0.717, 1.165) is 45.6 Å². The van der Waals surface area contributed by atoms with Crippen molar-refractivity contribution in [2.24, 2.45) is 5.92 Å². The van der Waals surface area contributed by atoms with Crippen molar-refractivity contribution in [1.29, 1.82) is 0 Å². The Hall–Kier alpha value is -0.970. The van der Waals surface area contributed by atoms with Crippen molar-refractivity contribution in [2.75, 3.05) is 37.6 Å². The standard InChI is InChI=1S/C18H29N3O.2ClH/c1-2-21(17-7-4-3-5-8-17)14-6-12-20-18(22)10-9-16-11-13-19-15-16;;/h3-5,7-8,16,19H,2,6,9-15H2,1H3,(H,20,22);2*1H. The summed E-state index contributed by atoms with van der Waals surface area (Å²) < 4.78 is 0. The number of nitrogens with one attached hydrogen (secondary N) is 2. The summed E-state index contributed by atoms with van der Waals surface area (Å²) in [5.74, 6) is 0.897. The normalized spacial score (nSPS) is 16.0. The minimum atomic E-state index is 0. The molecular formula is C18H31Cl2N3O. The molecule has 6 heteroatoms. The van der Waals surface area contributed by atoms with E-state index in [4.69, 9.17) is 0 Å². The maximum absolute atomic E-state index is 11.8. The molecule has 138 valence electrons. The summed E-state index contributed by atoms with van der Waals surface area (Å²) in [6, 6.07) is 10.4. The van der Waals surface area contributed by atoms with Crippen LogP contribution in [0.4, 0.5) is 5.69 Å². The van der Waals surface area contributed by atoms with E-state index in [1.165, 1.54) is 12.1 Å². The summed E-state index contributed by atoms with van der Waals surface area (Å²) in [7, 11) is 0. The second-order valence-corrected chi connectivity index (χ2v) is 6.02. The molecule has 1 aromatic rings. The summed E-state index contributed by atoms with van der Waals surface area (Å²) in [5.41, 5.74) is 1.25. The first-order valence-corrected chi connectivity index (χ1v) is 8.57. The fourth-order valence-corrected chi connectivity index (χ4v) is 2.99. The molecule has 1 aliphatic heterocycles. The zero-order valence-electron chi connectivity index (χ0n) is 14.5. The van der Waals surface area contributed by atoms with E-state index < -0.39 is 0 Å². The molecule has 0 spiro atoms. The van der Waals surface area contributed by atoms with Gasteiger partial charge in [-0.3, -0.25) is 4.79 Å². The number of carbonyl (C=O) groups is 1. The molecule has 0 bridgehead atoms. The first-order chi connectivity index (χ1) is 10.8. The number of benzene rings is 1. The number of nitrogens with zero attached hydrogens (tertiary/aromatic N) is 1. The molecule has 1 aliphatic rings. The van der Waals surface area contributed by atoms with Crippen LogP contribution in [0, 0.1) is 5.92 Å². The average Bonchev–Trinajstić information content (AvgIpc) is 3.07. The number of hydrogen-bond donors (Lipinski definition) is 2. The Bertz CT molecular complexity index is 439. The molecule has 1 aromatic carbocycles.